The Bertz CT molecular complexity index is 3940. The summed E-state index contributed by atoms with van der Waals surface area (Å²) in [4.78, 5) is 15.2. The number of nitrogens with zero attached hydrogens (tertiary/aromatic N) is 3. The largest absolute Gasteiger partial charge is 0.455 e. The highest BCUT2D eigenvalue weighted by molar-refractivity contribution is 6.09. The summed E-state index contributed by atoms with van der Waals surface area (Å²) in [6.07, 6.45) is 0. The summed E-state index contributed by atoms with van der Waals surface area (Å²) in [6.45, 7) is 0. The smallest absolute Gasteiger partial charge is 0.178 e. The number of para-hydroxylation sites is 3. The van der Waals surface area contributed by atoms with Gasteiger partial charge < -0.3 is 13.9 Å². The summed E-state index contributed by atoms with van der Waals surface area (Å²) in [5.74, 6) is 4.47. The van der Waals surface area contributed by atoms with Gasteiger partial charge in [0.1, 0.15) is 11.2 Å². The molecule has 0 atom stereocenters. The molecule has 10 aromatic carbocycles. The fourth-order valence-electron chi connectivity index (χ4n) is 10.7. The minimum Gasteiger partial charge on any atom is -0.455 e. The molecule has 12 aromatic rings. The van der Waals surface area contributed by atoms with Crippen molar-refractivity contribution >= 4 is 21.9 Å². The lowest BCUT2D eigenvalue weighted by atomic mass is 9.68. The molecule has 0 N–H and O–H groups in total. The lowest BCUT2D eigenvalue weighted by Gasteiger charge is -2.34. The summed E-state index contributed by atoms with van der Waals surface area (Å²) in [5, 5.41) is 2.20. The molecule has 14 rings (SSSR count). The van der Waals surface area contributed by atoms with Gasteiger partial charge in [-0.15, -0.1) is 0 Å². The van der Waals surface area contributed by atoms with Gasteiger partial charge >= 0.3 is 0 Å². The molecule has 6 heteroatoms. The van der Waals surface area contributed by atoms with E-state index in [0.717, 1.165) is 77.6 Å². The number of benzene rings is 10. The molecular formula is C64H39N3O3. The van der Waals surface area contributed by atoms with Crippen LogP contribution in [-0.4, -0.2) is 15.0 Å². The van der Waals surface area contributed by atoms with Gasteiger partial charge in [-0.1, -0.05) is 218 Å². The Morgan fingerprint density at radius 3 is 1.50 bits per heavy atom. The number of rotatable bonds is 7. The Labute approximate surface area is 403 Å². The Hall–Kier alpha value is -9.39. The quantitative estimate of drug-likeness (QED) is 0.159. The molecule has 0 saturated carbocycles. The van der Waals surface area contributed by atoms with Crippen LogP contribution in [0.5, 0.6) is 23.0 Å². The van der Waals surface area contributed by atoms with Gasteiger partial charge in [-0.2, -0.15) is 0 Å². The topological polar surface area (TPSA) is 70.3 Å². The molecule has 2 aliphatic rings. The molecule has 0 unspecified atom stereocenters. The third kappa shape index (κ3) is 6.17. The van der Waals surface area contributed by atoms with Crippen LogP contribution in [0.2, 0.25) is 0 Å². The zero-order chi connectivity index (χ0) is 46.2. The van der Waals surface area contributed by atoms with E-state index in [9.17, 15) is 0 Å². The molecule has 6 nitrogen and oxygen atoms in total. The van der Waals surface area contributed by atoms with E-state index < -0.39 is 5.41 Å². The van der Waals surface area contributed by atoms with Crippen molar-refractivity contribution in [2.75, 3.05) is 0 Å². The predicted molar refractivity (Wildman–Crippen MR) is 278 cm³/mol. The van der Waals surface area contributed by atoms with Crippen LogP contribution in [0.4, 0.5) is 0 Å². The average Bonchev–Trinajstić information content (AvgIpc) is 3.97. The first-order chi connectivity index (χ1) is 34.7. The van der Waals surface area contributed by atoms with Gasteiger partial charge in [0.15, 0.2) is 40.5 Å². The second kappa shape index (κ2) is 15.9. The Balaban J connectivity index is 0.832. The fraction of sp³-hybridized carbons (Fsp3) is 0.0156. The summed E-state index contributed by atoms with van der Waals surface area (Å²) in [6, 6.07) is 81.9. The van der Waals surface area contributed by atoms with Crippen molar-refractivity contribution in [3.63, 3.8) is 0 Å². The van der Waals surface area contributed by atoms with Gasteiger partial charge in [-0.3, -0.25) is 0 Å². The fourth-order valence-corrected chi connectivity index (χ4v) is 10.7. The number of aromatic nitrogens is 3. The van der Waals surface area contributed by atoms with E-state index in [1.165, 1.54) is 16.7 Å². The van der Waals surface area contributed by atoms with E-state index in [1.807, 2.05) is 60.7 Å². The van der Waals surface area contributed by atoms with E-state index >= 15 is 0 Å². The minimum atomic E-state index is -0.563. The Morgan fingerprint density at radius 1 is 0.314 bits per heavy atom. The average molecular weight is 898 g/mol. The second-order valence-electron chi connectivity index (χ2n) is 17.8. The number of fused-ring (bicyclic) bond motifs is 9. The van der Waals surface area contributed by atoms with E-state index in [4.69, 9.17) is 28.8 Å². The molecule has 328 valence electrons. The van der Waals surface area contributed by atoms with Gasteiger partial charge in [0, 0.05) is 44.2 Å². The molecule has 0 bridgehead atoms. The molecule has 0 amide bonds. The highest BCUT2D eigenvalue weighted by Crippen LogP contribution is 2.63. The van der Waals surface area contributed by atoms with Crippen LogP contribution in [0.1, 0.15) is 22.3 Å². The van der Waals surface area contributed by atoms with E-state index in [0.29, 0.717) is 40.5 Å². The van der Waals surface area contributed by atoms with Gasteiger partial charge in [-0.05, 0) is 57.1 Å². The van der Waals surface area contributed by atoms with Crippen molar-refractivity contribution in [1.82, 2.24) is 15.0 Å². The molecule has 2 aromatic heterocycles. The predicted octanol–water partition coefficient (Wildman–Crippen LogP) is 16.4. The normalized spacial score (nSPS) is 12.9. The van der Waals surface area contributed by atoms with Crippen molar-refractivity contribution in [2.45, 2.75) is 5.41 Å². The maximum atomic E-state index is 7.18. The van der Waals surface area contributed by atoms with Crippen LogP contribution >= 0.6 is 0 Å². The van der Waals surface area contributed by atoms with Crippen molar-refractivity contribution in [1.29, 1.82) is 0 Å². The Morgan fingerprint density at radius 2 is 0.814 bits per heavy atom. The molecular weight excluding hydrogens is 859 g/mol. The third-order valence-corrected chi connectivity index (χ3v) is 13.9. The van der Waals surface area contributed by atoms with Crippen LogP contribution in [0.15, 0.2) is 241 Å². The van der Waals surface area contributed by atoms with Crippen molar-refractivity contribution < 1.29 is 13.9 Å². The Kier molecular flexibility index (Phi) is 9.01. The zero-order valence-electron chi connectivity index (χ0n) is 37.6. The first-order valence-corrected chi connectivity index (χ1v) is 23.5. The van der Waals surface area contributed by atoms with Gasteiger partial charge in [0.2, 0.25) is 0 Å². The van der Waals surface area contributed by atoms with E-state index in [2.05, 4.69) is 176 Å². The monoisotopic (exact) mass is 897 g/mol. The number of hydrogen-bond donors (Lipinski definition) is 0. The standard InChI is InChI=1S/C64H39N3O3/c1-4-16-42(17-5-1)61-65-62(43-34-30-40(31-35-43)47-24-14-26-50-49-22-11-13-28-54(49)69-58(47)50)67-63(66-61)44-36-32-41(33-37-44)48-25-15-29-55-59(48)70-60-56(68-55)39-38-53-57(60)51-23-10-12-27-52(51)64(53,45-18-6-2-7-19-45)46-20-8-3-9-21-46/h1-39H. The van der Waals surface area contributed by atoms with E-state index in [1.54, 1.807) is 0 Å². The molecule has 0 saturated heterocycles. The van der Waals surface area contributed by atoms with Gasteiger partial charge in [0.05, 0.1) is 5.41 Å². The molecule has 1 aliphatic heterocycles. The van der Waals surface area contributed by atoms with Crippen molar-refractivity contribution in [2.24, 2.45) is 0 Å². The van der Waals surface area contributed by atoms with Crippen molar-refractivity contribution in [3.8, 4) is 90.5 Å². The van der Waals surface area contributed by atoms with Crippen LogP contribution in [-0.2, 0) is 5.41 Å². The first kappa shape index (κ1) is 39.7. The number of ether oxygens (including phenoxy) is 2. The number of hydrogen-bond acceptors (Lipinski definition) is 6. The molecule has 0 spiro atoms. The minimum absolute atomic E-state index is 0.563. The highest BCUT2D eigenvalue weighted by atomic mass is 16.6. The van der Waals surface area contributed by atoms with Crippen LogP contribution < -0.4 is 9.47 Å². The van der Waals surface area contributed by atoms with Crippen LogP contribution in [0.25, 0.3) is 89.5 Å². The molecule has 0 fully saturated rings. The highest BCUT2D eigenvalue weighted by Gasteiger charge is 2.48. The summed E-state index contributed by atoms with van der Waals surface area (Å²) in [7, 11) is 0. The van der Waals surface area contributed by atoms with Gasteiger partial charge in [-0.25, -0.2) is 15.0 Å². The first-order valence-electron chi connectivity index (χ1n) is 23.5. The van der Waals surface area contributed by atoms with Crippen molar-refractivity contribution in [3.05, 3.63) is 259 Å². The lowest BCUT2D eigenvalue weighted by molar-refractivity contribution is 0.361. The third-order valence-electron chi connectivity index (χ3n) is 13.9. The maximum absolute atomic E-state index is 7.18. The van der Waals surface area contributed by atoms with Crippen LogP contribution in [0, 0.1) is 0 Å². The molecule has 70 heavy (non-hydrogen) atoms. The van der Waals surface area contributed by atoms with Crippen LogP contribution in [0.3, 0.4) is 0 Å². The molecule has 0 radical (unpaired) electrons. The lowest BCUT2D eigenvalue weighted by Crippen LogP contribution is -2.28. The van der Waals surface area contributed by atoms with Gasteiger partial charge in [0.25, 0.3) is 0 Å². The summed E-state index contributed by atoms with van der Waals surface area (Å²) >= 11 is 0. The summed E-state index contributed by atoms with van der Waals surface area (Å²) < 4.78 is 20.3. The van der Waals surface area contributed by atoms with E-state index in [-0.39, 0.29) is 0 Å². The second-order valence-corrected chi connectivity index (χ2v) is 17.8. The molecule has 1 aliphatic carbocycles. The zero-order valence-corrected chi connectivity index (χ0v) is 37.6. The molecule has 3 heterocycles. The SMILES string of the molecule is c1ccc(-c2nc(-c3ccc(-c4cccc5c4Oc4c(ccc6c4-c4ccccc4C6(c4ccccc4)c4ccccc4)O5)cc3)nc(-c3ccc(-c4cccc5c4oc4ccccc45)cc3)n2)cc1. The number of furan rings is 1. The maximum Gasteiger partial charge on any atom is 0.178 e. The summed E-state index contributed by atoms with van der Waals surface area (Å²) in [5.41, 5.74) is 14.7.